The van der Waals surface area contributed by atoms with E-state index in [1.54, 1.807) is 0 Å². The van der Waals surface area contributed by atoms with Crippen LogP contribution >= 0.6 is 15.9 Å². The van der Waals surface area contributed by atoms with Crippen molar-refractivity contribution in [2.75, 3.05) is 25.6 Å². The molecule has 4 nitrogen and oxygen atoms in total. The summed E-state index contributed by atoms with van der Waals surface area (Å²) in [6, 6.07) is 7.71. The molecule has 0 spiro atoms. The minimum atomic E-state index is -0.770. The van der Waals surface area contributed by atoms with Crippen molar-refractivity contribution in [1.82, 2.24) is 0 Å². The average Bonchev–Trinajstić information content (AvgIpc) is 2.39. The van der Waals surface area contributed by atoms with Crippen molar-refractivity contribution in [3.8, 4) is 0 Å². The molecule has 0 radical (unpaired) electrons. The summed E-state index contributed by atoms with van der Waals surface area (Å²) < 4.78 is 11.3. The summed E-state index contributed by atoms with van der Waals surface area (Å²) in [5.74, 6) is -0.276. The molecule has 1 atom stereocenters. The zero-order valence-electron chi connectivity index (χ0n) is 10.2. The van der Waals surface area contributed by atoms with Crippen LogP contribution in [0.2, 0.25) is 0 Å². The number of methoxy groups -OCH3 is 1. The molecule has 0 amide bonds. The second-order valence-electron chi connectivity index (χ2n) is 4.37. The van der Waals surface area contributed by atoms with Gasteiger partial charge < -0.3 is 14.8 Å². The topological polar surface area (TPSA) is 47.6 Å². The van der Waals surface area contributed by atoms with Gasteiger partial charge in [0.05, 0.1) is 13.7 Å². The van der Waals surface area contributed by atoms with Crippen LogP contribution in [0, 0.1) is 0 Å². The summed E-state index contributed by atoms with van der Waals surface area (Å²) in [5.41, 5.74) is 0.105. The first kappa shape index (κ1) is 13.4. The Morgan fingerprint density at radius 2 is 2.39 bits per heavy atom. The first-order chi connectivity index (χ1) is 8.66. The maximum atomic E-state index is 12.0. The van der Waals surface area contributed by atoms with Gasteiger partial charge in [0.15, 0.2) is 5.54 Å². The van der Waals surface area contributed by atoms with Crippen LogP contribution < -0.4 is 5.32 Å². The summed E-state index contributed by atoms with van der Waals surface area (Å²) in [5, 5.41) is 3.26. The van der Waals surface area contributed by atoms with Gasteiger partial charge in [0, 0.05) is 16.8 Å². The van der Waals surface area contributed by atoms with Crippen molar-refractivity contribution in [3.05, 3.63) is 28.7 Å². The summed E-state index contributed by atoms with van der Waals surface area (Å²) in [6.45, 7) is 1.03. The predicted octanol–water partition coefficient (Wildman–Crippen LogP) is 2.58. The molecule has 1 heterocycles. The fraction of sp³-hybridized carbons (Fsp3) is 0.462. The number of ether oxygens (including phenoxy) is 2. The maximum absolute atomic E-state index is 12.0. The lowest BCUT2D eigenvalue weighted by Crippen LogP contribution is -2.53. The zero-order chi connectivity index (χ0) is 13.0. The van der Waals surface area contributed by atoms with Crippen LogP contribution in [-0.2, 0) is 14.3 Å². The van der Waals surface area contributed by atoms with Gasteiger partial charge in [-0.1, -0.05) is 22.0 Å². The first-order valence-corrected chi connectivity index (χ1v) is 6.65. The fourth-order valence-corrected chi connectivity index (χ4v) is 2.54. The van der Waals surface area contributed by atoms with Gasteiger partial charge in [-0.05, 0) is 31.0 Å². The second-order valence-corrected chi connectivity index (χ2v) is 5.28. The summed E-state index contributed by atoms with van der Waals surface area (Å²) >= 11 is 3.41. The van der Waals surface area contributed by atoms with E-state index in [1.165, 1.54) is 7.11 Å². The lowest BCUT2D eigenvalue weighted by Gasteiger charge is -2.35. The Bertz CT molecular complexity index is 430. The number of carbonyl (C=O) groups is 1. The van der Waals surface area contributed by atoms with E-state index in [-0.39, 0.29) is 5.97 Å². The Kier molecular flexibility index (Phi) is 4.24. The monoisotopic (exact) mass is 313 g/mol. The van der Waals surface area contributed by atoms with Crippen molar-refractivity contribution in [3.63, 3.8) is 0 Å². The number of carbonyl (C=O) groups excluding carboxylic acids is 1. The highest BCUT2D eigenvalue weighted by Gasteiger charge is 2.41. The van der Waals surface area contributed by atoms with Gasteiger partial charge in [0.1, 0.15) is 0 Å². The SMILES string of the molecule is COC(=O)C1(Nc2cccc(Br)c2)CCCOC1. The van der Waals surface area contributed by atoms with Crippen LogP contribution in [0.3, 0.4) is 0 Å². The third kappa shape index (κ3) is 2.84. The van der Waals surface area contributed by atoms with Crippen LogP contribution in [0.5, 0.6) is 0 Å². The molecular weight excluding hydrogens is 298 g/mol. The molecule has 1 aliphatic rings. The largest absolute Gasteiger partial charge is 0.467 e. The number of hydrogen-bond acceptors (Lipinski definition) is 4. The third-order valence-electron chi connectivity index (χ3n) is 3.03. The molecular formula is C13H16BrNO3. The van der Waals surface area contributed by atoms with Crippen molar-refractivity contribution in [2.45, 2.75) is 18.4 Å². The minimum Gasteiger partial charge on any atom is -0.467 e. The molecule has 98 valence electrons. The molecule has 18 heavy (non-hydrogen) atoms. The van der Waals surface area contributed by atoms with Crippen molar-refractivity contribution in [1.29, 1.82) is 0 Å². The molecule has 0 saturated carbocycles. The molecule has 1 N–H and O–H groups in total. The molecule has 1 aliphatic heterocycles. The molecule has 1 saturated heterocycles. The van der Waals surface area contributed by atoms with Gasteiger partial charge in [-0.3, -0.25) is 0 Å². The highest BCUT2D eigenvalue weighted by atomic mass is 79.9. The van der Waals surface area contributed by atoms with E-state index in [4.69, 9.17) is 9.47 Å². The lowest BCUT2D eigenvalue weighted by atomic mass is 9.92. The van der Waals surface area contributed by atoms with Gasteiger partial charge in [-0.15, -0.1) is 0 Å². The zero-order valence-corrected chi connectivity index (χ0v) is 11.8. The van der Waals surface area contributed by atoms with Crippen LogP contribution in [0.4, 0.5) is 5.69 Å². The van der Waals surface area contributed by atoms with Crippen molar-refractivity contribution in [2.24, 2.45) is 0 Å². The van der Waals surface area contributed by atoms with Gasteiger partial charge in [0.25, 0.3) is 0 Å². The summed E-state index contributed by atoms with van der Waals surface area (Å²) in [6.07, 6.45) is 1.56. The molecule has 0 aromatic heterocycles. The Morgan fingerprint density at radius 3 is 3.00 bits per heavy atom. The molecule has 1 fully saturated rings. The number of nitrogens with one attached hydrogen (secondary N) is 1. The van der Waals surface area contributed by atoms with E-state index < -0.39 is 5.54 Å². The normalized spacial score (nSPS) is 23.4. The average molecular weight is 314 g/mol. The van der Waals surface area contributed by atoms with E-state index in [2.05, 4.69) is 21.2 Å². The Morgan fingerprint density at radius 1 is 1.56 bits per heavy atom. The highest BCUT2D eigenvalue weighted by Crippen LogP contribution is 2.27. The smallest absolute Gasteiger partial charge is 0.333 e. The minimum absolute atomic E-state index is 0.276. The molecule has 1 aromatic rings. The van der Waals surface area contributed by atoms with Gasteiger partial charge in [-0.25, -0.2) is 4.79 Å². The number of esters is 1. The number of benzene rings is 1. The van der Waals surface area contributed by atoms with Crippen LogP contribution in [0.1, 0.15) is 12.8 Å². The lowest BCUT2D eigenvalue weighted by molar-refractivity contribution is -0.150. The molecule has 0 aliphatic carbocycles. The molecule has 1 aromatic carbocycles. The first-order valence-electron chi connectivity index (χ1n) is 5.86. The maximum Gasteiger partial charge on any atom is 0.333 e. The standard InChI is InChI=1S/C13H16BrNO3/c1-17-12(16)13(6-3-7-18-9-13)15-11-5-2-4-10(14)8-11/h2,4-5,8,15H,3,6-7,9H2,1H3. The van der Waals surface area contributed by atoms with Gasteiger partial charge in [0.2, 0.25) is 0 Å². The Labute approximate surface area is 115 Å². The predicted molar refractivity (Wildman–Crippen MR) is 72.6 cm³/mol. The number of halogens is 1. The van der Waals surface area contributed by atoms with Crippen molar-refractivity contribution < 1.29 is 14.3 Å². The molecule has 2 rings (SSSR count). The van der Waals surface area contributed by atoms with Crippen LogP contribution in [0.25, 0.3) is 0 Å². The number of anilines is 1. The van der Waals surface area contributed by atoms with Gasteiger partial charge in [-0.2, -0.15) is 0 Å². The van der Waals surface area contributed by atoms with E-state index >= 15 is 0 Å². The number of rotatable bonds is 3. The Hall–Kier alpha value is -1.07. The highest BCUT2D eigenvalue weighted by molar-refractivity contribution is 9.10. The number of hydrogen-bond donors (Lipinski definition) is 1. The quantitative estimate of drug-likeness (QED) is 0.871. The van der Waals surface area contributed by atoms with E-state index in [1.807, 2.05) is 24.3 Å². The van der Waals surface area contributed by atoms with E-state index in [0.717, 1.165) is 16.6 Å². The second kappa shape index (κ2) is 5.71. The Balaban J connectivity index is 2.22. The third-order valence-corrected chi connectivity index (χ3v) is 3.52. The van der Waals surface area contributed by atoms with Crippen LogP contribution in [0.15, 0.2) is 28.7 Å². The summed E-state index contributed by atoms with van der Waals surface area (Å²) in [4.78, 5) is 12.0. The summed E-state index contributed by atoms with van der Waals surface area (Å²) in [7, 11) is 1.40. The van der Waals surface area contributed by atoms with Crippen LogP contribution in [-0.4, -0.2) is 31.8 Å². The molecule has 1 unspecified atom stereocenters. The van der Waals surface area contributed by atoms with Gasteiger partial charge >= 0.3 is 5.97 Å². The van der Waals surface area contributed by atoms with E-state index in [9.17, 15) is 4.79 Å². The fourth-order valence-electron chi connectivity index (χ4n) is 2.14. The molecule has 5 heteroatoms. The van der Waals surface area contributed by atoms with Crippen molar-refractivity contribution >= 4 is 27.6 Å². The molecule has 0 bridgehead atoms. The van der Waals surface area contributed by atoms with E-state index in [0.29, 0.717) is 19.6 Å².